The molecule has 3 heterocycles. The zero-order valence-electron chi connectivity index (χ0n) is 37.4. The molecule has 0 amide bonds. The first-order valence-electron chi connectivity index (χ1n) is 23.9. The van der Waals surface area contributed by atoms with Crippen LogP contribution in [0.4, 0.5) is 0 Å². The highest BCUT2D eigenvalue weighted by molar-refractivity contribution is 7.26. The zero-order chi connectivity index (χ0) is 44.7. The van der Waals surface area contributed by atoms with Crippen LogP contribution in [-0.4, -0.2) is 11.5 Å². The summed E-state index contributed by atoms with van der Waals surface area (Å²) in [6.45, 7) is 0. The van der Waals surface area contributed by atoms with E-state index >= 15 is 0 Å². The molecule has 14 rings (SSSR count). The van der Waals surface area contributed by atoms with Gasteiger partial charge in [0.15, 0.2) is 5.84 Å². The second-order valence-corrected chi connectivity index (χ2v) is 19.6. The van der Waals surface area contributed by atoms with Gasteiger partial charge in [-0.1, -0.05) is 152 Å². The maximum Gasteiger partial charge on any atom is 0.160 e. The molecule has 1 aliphatic heterocycles. The smallest absolute Gasteiger partial charge is 0.160 e. The SMILES string of the molecule is C1=C(c2ccc3c(c2)oc2ccccc23)N=C(c2ccc3sc4cc5ccccc5cc4c3c2C2CCc3cc4ccccc4cc3-c3ccccc32)N=C(c2cccc3ccccc23)CCC1. The van der Waals surface area contributed by atoms with Gasteiger partial charge in [0.1, 0.15) is 11.2 Å². The average molecular weight is 889 g/mol. The molecule has 0 bridgehead atoms. The van der Waals surface area contributed by atoms with E-state index in [0.717, 1.165) is 82.4 Å². The van der Waals surface area contributed by atoms with Gasteiger partial charge in [0.05, 0.1) is 11.4 Å². The third kappa shape index (κ3) is 6.47. The van der Waals surface area contributed by atoms with E-state index in [2.05, 4.69) is 194 Å². The number of hydrogen-bond donors (Lipinski definition) is 0. The fourth-order valence-electron chi connectivity index (χ4n) is 11.4. The standard InChI is InChI=1S/C64H44N2OS/c1-2-16-41-35-54-44(34-40(41)15-1)28-31-52(47-21-7-8-22-48(47)54)62-53(32-33-60-63(62)55-36-42-17-3-4-18-43(42)38-61(55)68-60)64-65-56(45-29-30-51-50-23-9-12-27-58(50)67-59(51)37-45)25-10-11-26-57(66-64)49-24-13-19-39-14-5-6-20-46(39)49/h1-9,12-25,27,29-30,32-38,52H,10-11,26,28,31H2. The Morgan fingerprint density at radius 3 is 2.06 bits per heavy atom. The van der Waals surface area contributed by atoms with E-state index < -0.39 is 0 Å². The van der Waals surface area contributed by atoms with Crippen LogP contribution in [-0.2, 0) is 6.42 Å². The monoisotopic (exact) mass is 888 g/mol. The fourth-order valence-corrected chi connectivity index (χ4v) is 12.6. The Labute approximate surface area is 398 Å². The summed E-state index contributed by atoms with van der Waals surface area (Å²) >= 11 is 1.90. The summed E-state index contributed by atoms with van der Waals surface area (Å²) in [5.74, 6) is 0.795. The van der Waals surface area contributed by atoms with Crippen molar-refractivity contribution < 1.29 is 4.42 Å². The van der Waals surface area contributed by atoms with Crippen LogP contribution in [0.3, 0.4) is 0 Å². The highest BCUT2D eigenvalue weighted by Gasteiger charge is 2.30. The molecule has 322 valence electrons. The molecule has 0 fully saturated rings. The quantitative estimate of drug-likeness (QED) is 0.173. The molecule has 0 saturated carbocycles. The number of allylic oxidation sites excluding steroid dienone is 1. The van der Waals surface area contributed by atoms with Gasteiger partial charge in [0.2, 0.25) is 0 Å². The zero-order valence-corrected chi connectivity index (χ0v) is 38.2. The number of rotatable bonds is 4. The van der Waals surface area contributed by atoms with Gasteiger partial charge < -0.3 is 4.42 Å². The number of thiophene rings is 1. The van der Waals surface area contributed by atoms with Crippen LogP contribution in [0.15, 0.2) is 215 Å². The van der Waals surface area contributed by atoms with Gasteiger partial charge in [-0.3, -0.25) is 0 Å². The molecule has 68 heavy (non-hydrogen) atoms. The summed E-state index contributed by atoms with van der Waals surface area (Å²) in [7, 11) is 0. The Balaban J connectivity index is 1.06. The number of nitrogens with zero attached hydrogens (tertiary/aromatic N) is 2. The van der Waals surface area contributed by atoms with Gasteiger partial charge in [-0.05, 0) is 141 Å². The molecule has 0 N–H and O–H groups in total. The first-order chi connectivity index (χ1) is 33.7. The van der Waals surface area contributed by atoms with Crippen LogP contribution in [0.2, 0.25) is 0 Å². The maximum absolute atomic E-state index is 6.50. The fraction of sp³-hybridized carbons (Fsp3) is 0.0938. The second kappa shape index (κ2) is 15.9. The summed E-state index contributed by atoms with van der Waals surface area (Å²) in [6.07, 6.45) is 6.85. The van der Waals surface area contributed by atoms with Gasteiger partial charge in [0, 0.05) is 53.6 Å². The van der Waals surface area contributed by atoms with Crippen molar-refractivity contribution in [2.45, 2.75) is 38.0 Å². The number of hydrogen-bond acceptors (Lipinski definition) is 4. The minimum Gasteiger partial charge on any atom is -0.456 e. The second-order valence-electron chi connectivity index (χ2n) is 18.5. The maximum atomic E-state index is 6.50. The Bertz CT molecular complexity index is 4140. The summed E-state index contributed by atoms with van der Waals surface area (Å²) < 4.78 is 9.08. The number of fused-ring (bicyclic) bond motifs is 12. The molecule has 0 saturated heterocycles. The van der Waals surface area contributed by atoms with Gasteiger partial charge in [-0.2, -0.15) is 0 Å². The first kappa shape index (κ1) is 39.3. The van der Waals surface area contributed by atoms with Crippen molar-refractivity contribution in [3.63, 3.8) is 0 Å². The van der Waals surface area contributed by atoms with Gasteiger partial charge in [0.25, 0.3) is 0 Å². The van der Waals surface area contributed by atoms with Crippen LogP contribution in [0.25, 0.3) is 91.3 Å². The van der Waals surface area contributed by atoms with E-state index in [0.29, 0.717) is 0 Å². The summed E-state index contributed by atoms with van der Waals surface area (Å²) in [4.78, 5) is 11.7. The Kier molecular flexibility index (Phi) is 9.16. The van der Waals surface area contributed by atoms with E-state index in [-0.39, 0.29) is 5.92 Å². The van der Waals surface area contributed by atoms with Crippen molar-refractivity contribution in [2.75, 3.05) is 0 Å². The van der Waals surface area contributed by atoms with Crippen molar-refractivity contribution in [3.8, 4) is 11.1 Å². The van der Waals surface area contributed by atoms with Crippen molar-refractivity contribution in [1.29, 1.82) is 0 Å². The van der Waals surface area contributed by atoms with Crippen LogP contribution >= 0.6 is 11.3 Å². The normalized spacial score (nSPS) is 15.5. The van der Waals surface area contributed by atoms with Crippen molar-refractivity contribution in [1.82, 2.24) is 0 Å². The molecule has 0 spiro atoms. The first-order valence-corrected chi connectivity index (χ1v) is 24.8. The lowest BCUT2D eigenvalue weighted by Crippen LogP contribution is -2.13. The predicted molar refractivity (Wildman–Crippen MR) is 289 cm³/mol. The van der Waals surface area contributed by atoms with Crippen molar-refractivity contribution in [3.05, 3.63) is 234 Å². The molecule has 1 aliphatic carbocycles. The van der Waals surface area contributed by atoms with Crippen LogP contribution in [0.1, 0.15) is 65.0 Å². The number of benzene rings is 10. The molecule has 1 unspecified atom stereocenters. The van der Waals surface area contributed by atoms with E-state index in [1.807, 2.05) is 17.4 Å². The van der Waals surface area contributed by atoms with Crippen LogP contribution < -0.4 is 0 Å². The minimum atomic E-state index is 0.0514. The number of aryl methyl sites for hydroxylation is 1. The summed E-state index contributed by atoms with van der Waals surface area (Å²) in [6, 6.07) is 71.5. The number of amidine groups is 1. The number of furan rings is 1. The average Bonchev–Trinajstić information content (AvgIpc) is 3.93. The highest BCUT2D eigenvalue weighted by Crippen LogP contribution is 2.49. The largest absolute Gasteiger partial charge is 0.456 e. The van der Waals surface area contributed by atoms with Crippen molar-refractivity contribution >= 4 is 103 Å². The molecule has 2 aromatic heterocycles. The lowest BCUT2D eigenvalue weighted by molar-refractivity contribution is 0.669. The molecule has 3 nitrogen and oxygen atoms in total. The molecule has 4 heteroatoms. The molecule has 12 aromatic rings. The van der Waals surface area contributed by atoms with E-state index in [9.17, 15) is 0 Å². The van der Waals surface area contributed by atoms with E-state index in [4.69, 9.17) is 14.4 Å². The summed E-state index contributed by atoms with van der Waals surface area (Å²) in [5.41, 5.74) is 13.7. The molecule has 10 aromatic carbocycles. The van der Waals surface area contributed by atoms with Gasteiger partial charge in [-0.15, -0.1) is 11.3 Å². The summed E-state index contributed by atoms with van der Waals surface area (Å²) in [5, 5.41) is 12.3. The highest BCUT2D eigenvalue weighted by atomic mass is 32.1. The minimum absolute atomic E-state index is 0.0514. The number of para-hydroxylation sites is 1. The lowest BCUT2D eigenvalue weighted by Gasteiger charge is -2.23. The predicted octanol–water partition coefficient (Wildman–Crippen LogP) is 17.6. The number of aliphatic imine (C=N–C) groups is 2. The molecule has 2 aliphatic rings. The third-order valence-electron chi connectivity index (χ3n) is 14.6. The topological polar surface area (TPSA) is 37.9 Å². The molecular weight excluding hydrogens is 845 g/mol. The Morgan fingerprint density at radius 2 is 1.18 bits per heavy atom. The Morgan fingerprint density at radius 1 is 0.471 bits per heavy atom. The molecular formula is C64H44N2OS. The van der Waals surface area contributed by atoms with Gasteiger partial charge >= 0.3 is 0 Å². The van der Waals surface area contributed by atoms with Crippen molar-refractivity contribution in [2.24, 2.45) is 9.98 Å². The third-order valence-corrected chi connectivity index (χ3v) is 15.7. The Hall–Kier alpha value is -7.92. The van der Waals surface area contributed by atoms with E-state index in [1.54, 1.807) is 0 Å². The van der Waals surface area contributed by atoms with E-state index in [1.165, 1.54) is 85.9 Å². The lowest BCUT2D eigenvalue weighted by atomic mass is 9.81. The molecule has 1 atom stereocenters. The van der Waals surface area contributed by atoms with Crippen LogP contribution in [0, 0.1) is 0 Å². The molecule has 0 radical (unpaired) electrons. The van der Waals surface area contributed by atoms with Crippen LogP contribution in [0.5, 0.6) is 0 Å². The van der Waals surface area contributed by atoms with Gasteiger partial charge in [-0.25, -0.2) is 9.98 Å².